The minimum atomic E-state index is -0.272. The Kier molecular flexibility index (Phi) is 4.16. The van der Waals surface area contributed by atoms with E-state index in [-0.39, 0.29) is 17.8 Å². The molecule has 7 heteroatoms. The summed E-state index contributed by atoms with van der Waals surface area (Å²) in [4.78, 5) is 19.1. The van der Waals surface area contributed by atoms with Crippen LogP contribution >= 0.6 is 11.8 Å². The van der Waals surface area contributed by atoms with Crippen LogP contribution < -0.4 is 5.32 Å². The van der Waals surface area contributed by atoms with Crippen LogP contribution in [0.3, 0.4) is 0 Å². The highest BCUT2D eigenvalue weighted by Gasteiger charge is 2.30. The van der Waals surface area contributed by atoms with Crippen LogP contribution in [0.5, 0.6) is 0 Å². The lowest BCUT2D eigenvalue weighted by atomic mass is 10.0. The average molecular weight is 396 g/mol. The third kappa shape index (κ3) is 2.98. The summed E-state index contributed by atoms with van der Waals surface area (Å²) < 4.78 is 15.5. The smallest absolute Gasteiger partial charge is 0.252 e. The van der Waals surface area contributed by atoms with Gasteiger partial charge in [0.05, 0.1) is 22.7 Å². The van der Waals surface area contributed by atoms with Crippen molar-refractivity contribution in [2.45, 2.75) is 43.0 Å². The largest absolute Gasteiger partial charge is 0.345 e. The molecule has 1 aromatic carbocycles. The molecular formula is C21H21FN4OS. The maximum absolute atomic E-state index is 13.8. The summed E-state index contributed by atoms with van der Waals surface area (Å²) in [7, 11) is 1.86. The molecule has 2 aromatic heterocycles. The van der Waals surface area contributed by atoms with Crippen molar-refractivity contribution < 1.29 is 9.18 Å². The molecule has 0 spiro atoms. The maximum atomic E-state index is 13.8. The van der Waals surface area contributed by atoms with E-state index in [0.717, 1.165) is 57.9 Å². The van der Waals surface area contributed by atoms with Crippen LogP contribution in [0.4, 0.5) is 4.39 Å². The number of halogens is 1. The van der Waals surface area contributed by atoms with Crippen LogP contribution in [0, 0.1) is 12.7 Å². The zero-order valence-corrected chi connectivity index (χ0v) is 16.6. The first kappa shape index (κ1) is 17.7. The number of benzene rings is 1. The van der Waals surface area contributed by atoms with Crippen molar-refractivity contribution in [1.29, 1.82) is 0 Å². The highest BCUT2D eigenvalue weighted by atomic mass is 32.2. The first-order chi connectivity index (χ1) is 13.5. The van der Waals surface area contributed by atoms with Gasteiger partial charge < -0.3 is 5.32 Å². The summed E-state index contributed by atoms with van der Waals surface area (Å²) in [5.41, 5.74) is 3.99. The molecule has 3 aromatic rings. The first-order valence-electron chi connectivity index (χ1n) is 9.58. The SMILES string of the molecule is Cc1nn(C)c2nc(C3CC3)cc(C(=O)N[C@H]3CCSc4ccc(F)cc43)c12. The number of hydrogen-bond acceptors (Lipinski definition) is 4. The van der Waals surface area contributed by atoms with E-state index >= 15 is 0 Å². The standard InChI is InChI=1S/C21H21FN4OS/c1-11-19-15(10-17(12-3-4-12)23-20(19)26(2)25-11)21(27)24-16-7-8-28-18-6-5-13(22)9-14(16)18/h5-6,9-10,12,16H,3-4,7-8H2,1-2H3,(H,24,27)/t16-/m0/s1. The van der Waals surface area contributed by atoms with E-state index in [1.165, 1.54) is 6.07 Å². The third-order valence-corrected chi connectivity index (χ3v) is 6.67. The quantitative estimate of drug-likeness (QED) is 0.719. The molecule has 1 amide bonds. The number of nitrogens with one attached hydrogen (secondary N) is 1. The van der Waals surface area contributed by atoms with Gasteiger partial charge in [-0.3, -0.25) is 9.48 Å². The average Bonchev–Trinajstić information content (AvgIpc) is 3.48. The Bertz CT molecular complexity index is 1110. The van der Waals surface area contributed by atoms with E-state index in [4.69, 9.17) is 4.98 Å². The number of carbonyl (C=O) groups is 1. The molecule has 5 rings (SSSR count). The zero-order valence-electron chi connectivity index (χ0n) is 15.8. The summed E-state index contributed by atoms with van der Waals surface area (Å²) in [5, 5.41) is 8.42. The van der Waals surface area contributed by atoms with Crippen LogP contribution in [0.2, 0.25) is 0 Å². The summed E-state index contributed by atoms with van der Waals surface area (Å²) in [6.45, 7) is 1.90. The lowest BCUT2D eigenvalue weighted by molar-refractivity contribution is 0.0936. The number of pyridine rings is 1. The van der Waals surface area contributed by atoms with Crippen molar-refractivity contribution in [2.24, 2.45) is 7.05 Å². The number of fused-ring (bicyclic) bond motifs is 2. The number of thioether (sulfide) groups is 1. The predicted octanol–water partition coefficient (Wildman–Crippen LogP) is 4.26. The number of carbonyl (C=O) groups excluding carboxylic acids is 1. The van der Waals surface area contributed by atoms with Crippen LogP contribution in [0.1, 0.15) is 58.5 Å². The van der Waals surface area contributed by atoms with Gasteiger partial charge in [0.2, 0.25) is 0 Å². The summed E-state index contributed by atoms with van der Waals surface area (Å²) in [5.74, 6) is 0.921. The molecule has 0 bridgehead atoms. The fourth-order valence-electron chi connectivity index (χ4n) is 3.98. The summed E-state index contributed by atoms with van der Waals surface area (Å²) in [6.07, 6.45) is 3.01. The van der Waals surface area contributed by atoms with Gasteiger partial charge in [-0.15, -0.1) is 11.8 Å². The number of nitrogens with zero attached hydrogens (tertiary/aromatic N) is 3. The number of aromatic nitrogens is 3. The molecule has 2 aliphatic rings. The second-order valence-corrected chi connectivity index (χ2v) is 8.76. The van der Waals surface area contributed by atoms with Crippen LogP contribution in [0.25, 0.3) is 11.0 Å². The fraction of sp³-hybridized carbons (Fsp3) is 0.381. The van der Waals surface area contributed by atoms with Crippen molar-refractivity contribution >= 4 is 28.7 Å². The molecule has 1 aliphatic carbocycles. The predicted molar refractivity (Wildman–Crippen MR) is 107 cm³/mol. The molecule has 5 nitrogen and oxygen atoms in total. The van der Waals surface area contributed by atoms with Gasteiger partial charge in [0.15, 0.2) is 5.65 Å². The molecular weight excluding hydrogens is 375 g/mol. The van der Waals surface area contributed by atoms with E-state index < -0.39 is 0 Å². The zero-order chi connectivity index (χ0) is 19.4. The Balaban J connectivity index is 1.54. The van der Waals surface area contributed by atoms with E-state index in [1.807, 2.05) is 20.0 Å². The number of amides is 1. The topological polar surface area (TPSA) is 59.8 Å². The summed E-state index contributed by atoms with van der Waals surface area (Å²) >= 11 is 1.71. The van der Waals surface area contributed by atoms with Crippen molar-refractivity contribution in [3.8, 4) is 0 Å². The van der Waals surface area contributed by atoms with E-state index in [0.29, 0.717) is 11.5 Å². The van der Waals surface area contributed by atoms with Crippen LogP contribution in [-0.2, 0) is 7.05 Å². The van der Waals surface area contributed by atoms with Crippen molar-refractivity contribution in [3.05, 3.63) is 52.6 Å². The lowest BCUT2D eigenvalue weighted by Gasteiger charge is -2.26. The molecule has 1 saturated carbocycles. The molecule has 0 saturated heterocycles. The van der Waals surface area contributed by atoms with E-state index in [1.54, 1.807) is 28.6 Å². The minimum Gasteiger partial charge on any atom is -0.345 e. The molecule has 1 N–H and O–H groups in total. The highest BCUT2D eigenvalue weighted by Crippen LogP contribution is 2.41. The van der Waals surface area contributed by atoms with E-state index in [9.17, 15) is 9.18 Å². The molecule has 28 heavy (non-hydrogen) atoms. The third-order valence-electron chi connectivity index (χ3n) is 5.55. The van der Waals surface area contributed by atoms with Crippen LogP contribution in [-0.4, -0.2) is 26.4 Å². The minimum absolute atomic E-state index is 0.141. The van der Waals surface area contributed by atoms with E-state index in [2.05, 4.69) is 10.4 Å². The summed E-state index contributed by atoms with van der Waals surface area (Å²) in [6, 6.07) is 6.55. The van der Waals surface area contributed by atoms with Crippen molar-refractivity contribution in [1.82, 2.24) is 20.1 Å². The molecule has 0 unspecified atom stereocenters. The highest BCUT2D eigenvalue weighted by molar-refractivity contribution is 7.99. The van der Waals surface area contributed by atoms with Gasteiger partial charge in [-0.05, 0) is 56.0 Å². The Labute approximate surface area is 166 Å². The molecule has 1 atom stereocenters. The van der Waals surface area contributed by atoms with Gasteiger partial charge in [0, 0.05) is 29.3 Å². The van der Waals surface area contributed by atoms with Crippen LogP contribution in [0.15, 0.2) is 29.2 Å². The second kappa shape index (κ2) is 6.58. The monoisotopic (exact) mass is 396 g/mol. The Morgan fingerprint density at radius 3 is 2.89 bits per heavy atom. The molecule has 3 heterocycles. The van der Waals surface area contributed by atoms with Gasteiger partial charge in [0.1, 0.15) is 5.82 Å². The molecule has 1 fully saturated rings. The maximum Gasteiger partial charge on any atom is 0.252 e. The molecule has 1 aliphatic heterocycles. The Morgan fingerprint density at radius 2 is 2.11 bits per heavy atom. The molecule has 144 valence electrons. The van der Waals surface area contributed by atoms with Gasteiger partial charge >= 0.3 is 0 Å². The van der Waals surface area contributed by atoms with Gasteiger partial charge in [0.25, 0.3) is 5.91 Å². The Hall–Kier alpha value is -2.41. The fourth-order valence-corrected chi connectivity index (χ4v) is 5.09. The number of aryl methyl sites for hydroxylation is 2. The van der Waals surface area contributed by atoms with Crippen molar-refractivity contribution in [3.63, 3.8) is 0 Å². The first-order valence-corrected chi connectivity index (χ1v) is 10.6. The van der Waals surface area contributed by atoms with Gasteiger partial charge in [-0.1, -0.05) is 0 Å². The lowest BCUT2D eigenvalue weighted by Crippen LogP contribution is -2.31. The van der Waals surface area contributed by atoms with Gasteiger partial charge in [-0.2, -0.15) is 5.10 Å². The normalized spacial score (nSPS) is 18.9. The van der Waals surface area contributed by atoms with Gasteiger partial charge in [-0.25, -0.2) is 9.37 Å². The van der Waals surface area contributed by atoms with Crippen molar-refractivity contribution in [2.75, 3.05) is 5.75 Å². The Morgan fingerprint density at radius 1 is 1.29 bits per heavy atom. The number of hydrogen-bond donors (Lipinski definition) is 1. The molecule has 0 radical (unpaired) electrons. The second-order valence-electron chi connectivity index (χ2n) is 7.62. The number of rotatable bonds is 3.